The van der Waals surface area contributed by atoms with Crippen molar-refractivity contribution in [1.29, 1.82) is 0 Å². The summed E-state index contributed by atoms with van der Waals surface area (Å²) < 4.78 is 7.87. The lowest BCUT2D eigenvalue weighted by Gasteiger charge is -2.24. The number of benzene rings is 1. The lowest BCUT2D eigenvalue weighted by Crippen LogP contribution is -2.28. The van der Waals surface area contributed by atoms with Crippen molar-refractivity contribution in [2.45, 2.75) is 13.0 Å². The van der Waals surface area contributed by atoms with Gasteiger partial charge >= 0.3 is 0 Å². The van der Waals surface area contributed by atoms with Gasteiger partial charge in [0.1, 0.15) is 12.4 Å². The number of nitrogens with zero attached hydrogens (tertiary/aromatic N) is 3. The SMILES string of the molecule is c1ccc(N2CCCNCC2)c(OCCn2cccn2)c1. The minimum absolute atomic E-state index is 0.630. The molecule has 0 atom stereocenters. The van der Waals surface area contributed by atoms with Crippen molar-refractivity contribution in [1.82, 2.24) is 15.1 Å². The lowest BCUT2D eigenvalue weighted by molar-refractivity contribution is 0.291. The molecule has 1 fully saturated rings. The molecule has 0 amide bonds. The third-order valence-electron chi connectivity index (χ3n) is 3.68. The van der Waals surface area contributed by atoms with E-state index in [2.05, 4.69) is 33.5 Å². The molecule has 1 saturated heterocycles. The zero-order chi connectivity index (χ0) is 14.3. The van der Waals surface area contributed by atoms with Crippen LogP contribution < -0.4 is 15.0 Å². The molecule has 0 aliphatic carbocycles. The summed E-state index contributed by atoms with van der Waals surface area (Å²) in [6, 6.07) is 10.2. The van der Waals surface area contributed by atoms with Gasteiger partial charge < -0.3 is 15.0 Å². The van der Waals surface area contributed by atoms with Crippen molar-refractivity contribution >= 4 is 5.69 Å². The van der Waals surface area contributed by atoms with Crippen molar-refractivity contribution in [2.24, 2.45) is 0 Å². The van der Waals surface area contributed by atoms with Crippen LogP contribution in [0.1, 0.15) is 6.42 Å². The zero-order valence-electron chi connectivity index (χ0n) is 12.2. The van der Waals surface area contributed by atoms with Crippen molar-refractivity contribution in [3.8, 4) is 5.75 Å². The van der Waals surface area contributed by atoms with E-state index in [4.69, 9.17) is 4.74 Å². The molecule has 1 aliphatic rings. The Bertz CT molecular complexity index is 533. The molecule has 0 bridgehead atoms. The Hall–Kier alpha value is -2.01. The molecule has 0 unspecified atom stereocenters. The van der Waals surface area contributed by atoms with Gasteiger partial charge in [-0.05, 0) is 31.2 Å². The minimum atomic E-state index is 0.630. The van der Waals surface area contributed by atoms with E-state index in [9.17, 15) is 0 Å². The van der Waals surface area contributed by atoms with E-state index in [0.717, 1.165) is 38.5 Å². The molecule has 0 spiro atoms. The van der Waals surface area contributed by atoms with Gasteiger partial charge in [0.05, 0.1) is 12.2 Å². The number of aromatic nitrogens is 2. The summed E-state index contributed by atoms with van der Waals surface area (Å²) in [7, 11) is 0. The first-order valence-electron chi connectivity index (χ1n) is 7.58. The molecule has 1 N–H and O–H groups in total. The van der Waals surface area contributed by atoms with Crippen LogP contribution in [0.25, 0.3) is 0 Å². The summed E-state index contributed by atoms with van der Waals surface area (Å²) in [5, 5.41) is 7.62. The number of nitrogens with one attached hydrogen (secondary N) is 1. The number of anilines is 1. The maximum absolute atomic E-state index is 5.98. The Morgan fingerprint density at radius 1 is 1.14 bits per heavy atom. The number of rotatable bonds is 5. The van der Waals surface area contributed by atoms with Crippen molar-refractivity contribution < 1.29 is 4.74 Å². The van der Waals surface area contributed by atoms with Gasteiger partial charge in [-0.25, -0.2) is 0 Å². The molecule has 3 rings (SSSR count). The Morgan fingerprint density at radius 2 is 2.10 bits per heavy atom. The first kappa shape index (κ1) is 13.9. The number of hydrogen-bond donors (Lipinski definition) is 1. The highest BCUT2D eigenvalue weighted by atomic mass is 16.5. The van der Waals surface area contributed by atoms with Crippen LogP contribution in [-0.2, 0) is 6.54 Å². The standard InChI is InChI=1S/C16H22N4O/c1-2-6-16(21-14-13-20-11-4-8-18-20)15(5-1)19-10-3-7-17-9-12-19/h1-2,4-6,8,11,17H,3,7,9-10,12-14H2. The first-order valence-corrected chi connectivity index (χ1v) is 7.58. The lowest BCUT2D eigenvalue weighted by atomic mass is 10.2. The molecule has 112 valence electrons. The van der Waals surface area contributed by atoms with Crippen LogP contribution in [0.2, 0.25) is 0 Å². The fourth-order valence-corrected chi connectivity index (χ4v) is 2.61. The summed E-state index contributed by atoms with van der Waals surface area (Å²) in [5.41, 5.74) is 1.20. The Balaban J connectivity index is 1.64. The van der Waals surface area contributed by atoms with Crippen LogP contribution in [0.15, 0.2) is 42.7 Å². The van der Waals surface area contributed by atoms with Gasteiger partial charge in [-0.2, -0.15) is 5.10 Å². The highest BCUT2D eigenvalue weighted by Gasteiger charge is 2.13. The maximum Gasteiger partial charge on any atom is 0.142 e. The third kappa shape index (κ3) is 3.76. The molecule has 0 saturated carbocycles. The molecular formula is C16H22N4O. The summed E-state index contributed by atoms with van der Waals surface area (Å²) >= 11 is 0. The normalized spacial score (nSPS) is 15.7. The quantitative estimate of drug-likeness (QED) is 0.909. The second kappa shape index (κ2) is 7.13. The average molecular weight is 286 g/mol. The van der Waals surface area contributed by atoms with E-state index in [-0.39, 0.29) is 0 Å². The first-order chi connectivity index (χ1) is 10.4. The maximum atomic E-state index is 5.98. The molecule has 21 heavy (non-hydrogen) atoms. The van der Waals surface area contributed by atoms with Gasteiger partial charge in [-0.3, -0.25) is 4.68 Å². The van der Waals surface area contributed by atoms with Crippen LogP contribution in [0.4, 0.5) is 5.69 Å². The predicted octanol–water partition coefficient (Wildman–Crippen LogP) is 1.76. The van der Waals surface area contributed by atoms with Crippen molar-refractivity contribution in [3.05, 3.63) is 42.7 Å². The van der Waals surface area contributed by atoms with Crippen LogP contribution in [0, 0.1) is 0 Å². The second-order valence-electron chi connectivity index (χ2n) is 5.18. The van der Waals surface area contributed by atoms with E-state index in [0.29, 0.717) is 6.61 Å². The molecule has 2 heterocycles. The zero-order valence-corrected chi connectivity index (χ0v) is 12.2. The van der Waals surface area contributed by atoms with Crippen molar-refractivity contribution in [2.75, 3.05) is 37.7 Å². The van der Waals surface area contributed by atoms with Gasteiger partial charge in [0, 0.05) is 32.0 Å². The number of para-hydroxylation sites is 2. The molecule has 5 heteroatoms. The van der Waals surface area contributed by atoms with Gasteiger partial charge in [0.2, 0.25) is 0 Å². The monoisotopic (exact) mass is 286 g/mol. The molecule has 1 aromatic carbocycles. The number of hydrogen-bond acceptors (Lipinski definition) is 4. The van der Waals surface area contributed by atoms with Crippen molar-refractivity contribution in [3.63, 3.8) is 0 Å². The van der Waals surface area contributed by atoms with Gasteiger partial charge in [-0.1, -0.05) is 12.1 Å². The van der Waals surface area contributed by atoms with E-state index < -0.39 is 0 Å². The van der Waals surface area contributed by atoms with Crippen LogP contribution in [0.3, 0.4) is 0 Å². The molecule has 5 nitrogen and oxygen atoms in total. The predicted molar refractivity (Wildman–Crippen MR) is 83.9 cm³/mol. The van der Waals surface area contributed by atoms with E-state index >= 15 is 0 Å². The van der Waals surface area contributed by atoms with Crippen LogP contribution >= 0.6 is 0 Å². The third-order valence-corrected chi connectivity index (χ3v) is 3.68. The van der Waals surface area contributed by atoms with Crippen LogP contribution in [-0.4, -0.2) is 42.6 Å². The largest absolute Gasteiger partial charge is 0.489 e. The Labute approximate surface area is 125 Å². The smallest absolute Gasteiger partial charge is 0.142 e. The Morgan fingerprint density at radius 3 is 3.00 bits per heavy atom. The Kier molecular flexibility index (Phi) is 4.74. The average Bonchev–Trinajstić information content (AvgIpc) is 2.88. The second-order valence-corrected chi connectivity index (χ2v) is 5.18. The van der Waals surface area contributed by atoms with Gasteiger partial charge in [-0.15, -0.1) is 0 Å². The summed E-state index contributed by atoms with van der Waals surface area (Å²) in [5.74, 6) is 0.964. The van der Waals surface area contributed by atoms with Gasteiger partial charge in [0.25, 0.3) is 0 Å². The topological polar surface area (TPSA) is 42.3 Å². The highest BCUT2D eigenvalue weighted by Crippen LogP contribution is 2.28. The fourth-order valence-electron chi connectivity index (χ4n) is 2.61. The molecule has 1 aromatic heterocycles. The van der Waals surface area contributed by atoms with E-state index in [1.165, 1.54) is 12.1 Å². The van der Waals surface area contributed by atoms with Crippen LogP contribution in [0.5, 0.6) is 5.75 Å². The molecule has 1 aliphatic heterocycles. The highest BCUT2D eigenvalue weighted by molar-refractivity contribution is 5.58. The molecule has 0 radical (unpaired) electrons. The van der Waals surface area contributed by atoms with E-state index in [1.807, 2.05) is 23.0 Å². The minimum Gasteiger partial charge on any atom is -0.489 e. The molecular weight excluding hydrogens is 264 g/mol. The fraction of sp³-hybridized carbons (Fsp3) is 0.438. The van der Waals surface area contributed by atoms with Gasteiger partial charge in [0.15, 0.2) is 0 Å². The number of ether oxygens (including phenoxy) is 1. The molecule has 2 aromatic rings. The summed E-state index contributed by atoms with van der Waals surface area (Å²) in [6.45, 7) is 5.63. The van der Waals surface area contributed by atoms with E-state index in [1.54, 1.807) is 6.20 Å². The summed E-state index contributed by atoms with van der Waals surface area (Å²) in [6.07, 6.45) is 4.91. The summed E-state index contributed by atoms with van der Waals surface area (Å²) in [4.78, 5) is 2.41.